The Labute approximate surface area is 333 Å². The number of anilines is 1. The Bertz CT molecular complexity index is 2280. The van der Waals surface area contributed by atoms with Gasteiger partial charge in [0, 0.05) is 40.7 Å². The summed E-state index contributed by atoms with van der Waals surface area (Å²) >= 11 is 0. The van der Waals surface area contributed by atoms with Crippen molar-refractivity contribution in [2.75, 3.05) is 64.7 Å². The first kappa shape index (κ1) is 39.8. The molecule has 2 aliphatic heterocycles. The van der Waals surface area contributed by atoms with Crippen LogP contribution in [0.1, 0.15) is 59.6 Å². The number of methoxy groups -OCH3 is 1. The number of benzene rings is 5. The van der Waals surface area contributed by atoms with Crippen molar-refractivity contribution in [3.8, 4) is 22.6 Å². The molecule has 0 amide bonds. The molecule has 7 nitrogen and oxygen atoms in total. The van der Waals surface area contributed by atoms with Gasteiger partial charge in [-0.05, 0) is 83.1 Å². The Morgan fingerprint density at radius 3 is 2.16 bits per heavy atom. The molecule has 5 aromatic carbocycles. The SMILES string of the molecule is CCCCC1(OCCOCCO)c2cc(C(F)(F)F)ccc2-c2c1c1c(c3cc(OC)c(N4CCOCC4)cc23)OC(c2ccc(F)cc2)(c2ccc(F)cc2)C=C1. The molecule has 1 atom stereocenters. The average molecular weight is 802 g/mol. The molecular formula is C46H44F5NO6. The molecule has 0 aromatic heterocycles. The van der Waals surface area contributed by atoms with Crippen LogP contribution in [-0.2, 0) is 31.6 Å². The van der Waals surface area contributed by atoms with Crippen molar-refractivity contribution >= 4 is 22.5 Å². The van der Waals surface area contributed by atoms with Crippen LogP contribution in [0, 0.1) is 11.6 Å². The lowest BCUT2D eigenvalue weighted by atomic mass is 9.78. The Morgan fingerprint density at radius 2 is 1.53 bits per heavy atom. The molecule has 0 radical (unpaired) electrons. The van der Waals surface area contributed by atoms with E-state index in [9.17, 15) is 27.1 Å². The van der Waals surface area contributed by atoms with Crippen LogP contribution < -0.4 is 14.4 Å². The number of nitrogens with zero attached hydrogens (tertiary/aromatic N) is 1. The van der Waals surface area contributed by atoms with Crippen molar-refractivity contribution in [2.24, 2.45) is 0 Å². The lowest BCUT2D eigenvalue weighted by Gasteiger charge is -2.40. The van der Waals surface area contributed by atoms with E-state index < -0.39 is 34.6 Å². The number of alkyl halides is 3. The molecule has 1 fully saturated rings. The summed E-state index contributed by atoms with van der Waals surface area (Å²) in [6.07, 6.45) is 0.782. The minimum absolute atomic E-state index is 0.0208. The van der Waals surface area contributed by atoms with Gasteiger partial charge in [0.2, 0.25) is 0 Å². The Morgan fingerprint density at radius 1 is 0.845 bits per heavy atom. The normalized spacial score (nSPS) is 18.2. The molecule has 1 unspecified atom stereocenters. The zero-order valence-electron chi connectivity index (χ0n) is 32.3. The van der Waals surface area contributed by atoms with Crippen LogP contribution in [0.4, 0.5) is 27.6 Å². The van der Waals surface area contributed by atoms with E-state index in [0.29, 0.717) is 100 Å². The number of morpholine rings is 1. The predicted molar refractivity (Wildman–Crippen MR) is 211 cm³/mol. The molecule has 8 rings (SSSR count). The van der Waals surface area contributed by atoms with Gasteiger partial charge in [0.1, 0.15) is 28.7 Å². The third kappa shape index (κ3) is 6.89. The summed E-state index contributed by atoms with van der Waals surface area (Å²) in [7, 11) is 1.59. The van der Waals surface area contributed by atoms with Gasteiger partial charge in [0.15, 0.2) is 5.60 Å². The molecule has 5 aromatic rings. The van der Waals surface area contributed by atoms with Gasteiger partial charge in [-0.1, -0.05) is 56.2 Å². The number of fused-ring (bicyclic) bond motifs is 8. The monoisotopic (exact) mass is 801 g/mol. The molecule has 1 aliphatic carbocycles. The second kappa shape index (κ2) is 16.0. The maximum absolute atomic E-state index is 14.6. The number of aliphatic hydroxyl groups excluding tert-OH is 1. The Kier molecular flexibility index (Phi) is 11.0. The summed E-state index contributed by atoms with van der Waals surface area (Å²) in [4.78, 5) is 2.16. The van der Waals surface area contributed by atoms with Crippen LogP contribution in [0.15, 0.2) is 84.9 Å². The Balaban J connectivity index is 1.47. The number of halogens is 5. The van der Waals surface area contributed by atoms with Crippen molar-refractivity contribution in [3.05, 3.63) is 130 Å². The van der Waals surface area contributed by atoms with Gasteiger partial charge < -0.3 is 33.7 Å². The van der Waals surface area contributed by atoms with Gasteiger partial charge in [-0.3, -0.25) is 0 Å². The lowest BCUT2D eigenvalue weighted by molar-refractivity contribution is -0.137. The maximum atomic E-state index is 14.6. The second-order valence-electron chi connectivity index (χ2n) is 14.7. The van der Waals surface area contributed by atoms with E-state index in [0.717, 1.165) is 18.2 Å². The molecular weight excluding hydrogens is 757 g/mol. The first-order chi connectivity index (χ1) is 28.0. The van der Waals surface area contributed by atoms with Crippen LogP contribution in [-0.4, -0.2) is 64.9 Å². The summed E-state index contributed by atoms with van der Waals surface area (Å²) < 4.78 is 104. The summed E-state index contributed by atoms with van der Waals surface area (Å²) in [5.41, 5.74) is 1.30. The van der Waals surface area contributed by atoms with Crippen LogP contribution in [0.25, 0.3) is 28.0 Å². The second-order valence-corrected chi connectivity index (χ2v) is 14.7. The topological polar surface area (TPSA) is 69.6 Å². The minimum atomic E-state index is -4.63. The predicted octanol–water partition coefficient (Wildman–Crippen LogP) is 9.77. The standard InChI is InChI=1S/C46H44F5NO6/c1-3-4-16-45(57-25-24-56-23-20-53)38-26-31(46(49,50)51)9-14-34(38)41-36-27-39(52-18-21-55-22-19-52)40(54-2)28-37(36)43-35(42(41)45)15-17-44(58-43,29-5-10-32(47)11-6-29)30-7-12-33(48)13-8-30/h5-15,17,26-28,53H,3-4,16,18-25H2,1-2H3. The van der Waals surface area contributed by atoms with Crippen molar-refractivity contribution in [1.82, 2.24) is 0 Å². The fourth-order valence-corrected chi connectivity index (χ4v) is 8.70. The van der Waals surface area contributed by atoms with E-state index in [4.69, 9.17) is 23.7 Å². The Hall–Kier alpha value is -5.01. The van der Waals surface area contributed by atoms with Crippen LogP contribution in [0.3, 0.4) is 0 Å². The summed E-state index contributed by atoms with van der Waals surface area (Å²) in [6.45, 7) is 4.21. The lowest BCUT2D eigenvalue weighted by Crippen LogP contribution is -2.37. The van der Waals surface area contributed by atoms with Crippen molar-refractivity contribution < 1.29 is 50.7 Å². The number of hydrogen-bond donors (Lipinski definition) is 1. The highest BCUT2D eigenvalue weighted by Gasteiger charge is 2.50. The van der Waals surface area contributed by atoms with Crippen LogP contribution in [0.5, 0.6) is 11.5 Å². The van der Waals surface area contributed by atoms with Crippen LogP contribution in [0.2, 0.25) is 0 Å². The van der Waals surface area contributed by atoms with Crippen molar-refractivity contribution in [3.63, 3.8) is 0 Å². The molecule has 0 spiro atoms. The van der Waals surface area contributed by atoms with E-state index in [1.54, 1.807) is 31.4 Å². The van der Waals surface area contributed by atoms with Gasteiger partial charge in [-0.2, -0.15) is 13.2 Å². The smallest absolute Gasteiger partial charge is 0.416 e. The van der Waals surface area contributed by atoms with E-state index in [2.05, 4.69) is 4.90 Å². The molecule has 2 heterocycles. The molecule has 12 heteroatoms. The van der Waals surface area contributed by atoms with Gasteiger partial charge in [0.25, 0.3) is 0 Å². The number of ether oxygens (including phenoxy) is 5. The quantitative estimate of drug-likeness (QED) is 0.0940. The van der Waals surface area contributed by atoms with Gasteiger partial charge in [0.05, 0.1) is 58.0 Å². The van der Waals surface area contributed by atoms with E-state index in [1.165, 1.54) is 36.4 Å². The summed E-state index contributed by atoms with van der Waals surface area (Å²) in [6, 6.07) is 19.6. The van der Waals surface area contributed by atoms with E-state index in [1.807, 2.05) is 31.2 Å². The maximum Gasteiger partial charge on any atom is 0.416 e. The third-order valence-electron chi connectivity index (χ3n) is 11.4. The highest BCUT2D eigenvalue weighted by atomic mass is 19.4. The number of rotatable bonds is 13. The fraction of sp³-hybridized carbons (Fsp3) is 0.348. The van der Waals surface area contributed by atoms with Gasteiger partial charge in [-0.15, -0.1) is 0 Å². The van der Waals surface area contributed by atoms with E-state index in [-0.39, 0.29) is 26.4 Å². The highest BCUT2D eigenvalue weighted by molar-refractivity contribution is 6.10. The molecule has 1 N–H and O–H groups in total. The average Bonchev–Trinajstić information content (AvgIpc) is 3.52. The summed E-state index contributed by atoms with van der Waals surface area (Å²) in [5.74, 6) is 0.0722. The van der Waals surface area contributed by atoms with Gasteiger partial charge in [-0.25, -0.2) is 8.78 Å². The first-order valence-corrected chi connectivity index (χ1v) is 19.5. The molecule has 304 valence electrons. The molecule has 3 aliphatic rings. The largest absolute Gasteiger partial charge is 0.495 e. The fourth-order valence-electron chi connectivity index (χ4n) is 8.70. The number of unbranched alkanes of at least 4 members (excludes halogenated alkanes) is 1. The third-order valence-corrected chi connectivity index (χ3v) is 11.4. The summed E-state index contributed by atoms with van der Waals surface area (Å²) in [5, 5.41) is 10.7. The zero-order valence-corrected chi connectivity index (χ0v) is 32.3. The van der Waals surface area contributed by atoms with Crippen molar-refractivity contribution in [1.29, 1.82) is 0 Å². The molecule has 0 bridgehead atoms. The zero-order chi connectivity index (χ0) is 40.7. The van der Waals surface area contributed by atoms with Gasteiger partial charge >= 0.3 is 6.18 Å². The molecule has 0 saturated carbocycles. The van der Waals surface area contributed by atoms with E-state index >= 15 is 0 Å². The van der Waals surface area contributed by atoms with Crippen LogP contribution >= 0.6 is 0 Å². The number of aliphatic hydroxyl groups is 1. The molecule has 58 heavy (non-hydrogen) atoms. The van der Waals surface area contributed by atoms with Crippen molar-refractivity contribution in [2.45, 2.75) is 43.6 Å². The number of hydrogen-bond acceptors (Lipinski definition) is 7. The highest BCUT2D eigenvalue weighted by Crippen LogP contribution is 2.61. The minimum Gasteiger partial charge on any atom is -0.495 e. The first-order valence-electron chi connectivity index (χ1n) is 19.5. The molecule has 1 saturated heterocycles.